The van der Waals surface area contributed by atoms with Gasteiger partial charge in [-0.15, -0.1) is 10.2 Å². The minimum atomic E-state index is -0.396. The second-order valence-electron chi connectivity index (χ2n) is 4.21. The minimum Gasteiger partial charge on any atom is -0.480 e. The van der Waals surface area contributed by atoms with Gasteiger partial charge in [0.05, 0.1) is 7.11 Å². The molecule has 9 heteroatoms. The Hall–Kier alpha value is -2.52. The Balaban J connectivity index is 1.65. The van der Waals surface area contributed by atoms with Crippen molar-refractivity contribution < 1.29 is 9.53 Å². The number of carbonyl (C=O) groups excluding carboxylic acids is 1. The lowest BCUT2D eigenvalue weighted by molar-refractivity contribution is 0.102. The second kappa shape index (κ2) is 7.16. The number of rotatable bonds is 5. The van der Waals surface area contributed by atoms with Crippen molar-refractivity contribution in [2.75, 3.05) is 12.4 Å². The number of amides is 1. The number of hydrogen-bond acceptors (Lipinski definition) is 8. The summed E-state index contributed by atoms with van der Waals surface area (Å²) in [5, 5.41) is 11.2. The van der Waals surface area contributed by atoms with Crippen LogP contribution in [0.2, 0.25) is 0 Å². The molecule has 3 rings (SSSR count). The van der Waals surface area contributed by atoms with E-state index >= 15 is 0 Å². The first-order chi connectivity index (χ1) is 11.2. The Kier molecular flexibility index (Phi) is 4.79. The Morgan fingerprint density at radius 1 is 1.17 bits per heavy atom. The van der Waals surface area contributed by atoms with E-state index in [2.05, 4.69) is 24.9 Å². The van der Waals surface area contributed by atoms with Crippen LogP contribution in [-0.4, -0.2) is 32.6 Å². The van der Waals surface area contributed by atoms with Crippen molar-refractivity contribution in [3.63, 3.8) is 0 Å². The van der Waals surface area contributed by atoms with E-state index in [0.717, 1.165) is 16.4 Å². The third kappa shape index (κ3) is 4.02. The molecule has 116 valence electrons. The molecule has 0 saturated carbocycles. The van der Waals surface area contributed by atoms with Crippen LogP contribution in [0.4, 0.5) is 5.13 Å². The number of methoxy groups -OCH3 is 1. The number of nitrogens with one attached hydrogen (secondary N) is 1. The van der Waals surface area contributed by atoms with Gasteiger partial charge in [-0.25, -0.2) is 0 Å². The molecule has 0 fully saturated rings. The summed E-state index contributed by atoms with van der Waals surface area (Å²) in [6.45, 7) is 0. The van der Waals surface area contributed by atoms with E-state index < -0.39 is 5.91 Å². The molecule has 1 N–H and O–H groups in total. The van der Waals surface area contributed by atoms with E-state index in [-0.39, 0.29) is 5.69 Å². The molecule has 2 heterocycles. The van der Waals surface area contributed by atoms with E-state index in [0.29, 0.717) is 16.2 Å². The van der Waals surface area contributed by atoms with E-state index in [1.165, 1.54) is 24.9 Å². The van der Waals surface area contributed by atoms with Crippen molar-refractivity contribution in [2.24, 2.45) is 0 Å². The lowest BCUT2D eigenvalue weighted by Gasteiger charge is -2.00. The molecule has 0 aliphatic carbocycles. The Morgan fingerprint density at radius 2 is 2.00 bits per heavy atom. The number of benzene rings is 1. The average Bonchev–Trinajstić information content (AvgIpc) is 3.02. The number of ether oxygens (including phenoxy) is 1. The second-order valence-corrected chi connectivity index (χ2v) is 6.00. The number of nitrogens with zero attached hydrogens (tertiary/aromatic N) is 4. The van der Waals surface area contributed by atoms with Crippen molar-refractivity contribution in [3.05, 3.63) is 48.2 Å². The average molecular weight is 345 g/mol. The van der Waals surface area contributed by atoms with Crippen LogP contribution < -0.4 is 10.1 Å². The molecular weight excluding hydrogens is 334 g/mol. The summed E-state index contributed by atoms with van der Waals surface area (Å²) >= 11 is 2.54. The van der Waals surface area contributed by atoms with Gasteiger partial charge in [-0.05, 0) is 30.0 Å². The summed E-state index contributed by atoms with van der Waals surface area (Å²) in [4.78, 5) is 17.4. The number of carbonyl (C=O) groups is 1. The first-order valence-corrected chi connectivity index (χ1v) is 8.09. The fourth-order valence-corrected chi connectivity index (χ4v) is 3.04. The SMILES string of the molecule is COc1ccc(C(=O)Nc2nc(Sc3ccccc3)ns2)nn1. The van der Waals surface area contributed by atoms with Gasteiger partial charge < -0.3 is 4.74 Å². The van der Waals surface area contributed by atoms with E-state index in [4.69, 9.17) is 4.74 Å². The fourth-order valence-electron chi connectivity index (χ4n) is 1.61. The molecule has 7 nitrogen and oxygen atoms in total. The van der Waals surface area contributed by atoms with Crippen molar-refractivity contribution in [2.45, 2.75) is 10.1 Å². The summed E-state index contributed by atoms with van der Waals surface area (Å²) in [5.74, 6) is -0.0495. The normalized spacial score (nSPS) is 10.3. The van der Waals surface area contributed by atoms with Crippen LogP contribution in [0.15, 0.2) is 52.5 Å². The van der Waals surface area contributed by atoms with Crippen LogP contribution in [0.5, 0.6) is 5.88 Å². The first-order valence-electron chi connectivity index (χ1n) is 6.50. The van der Waals surface area contributed by atoms with Crippen molar-refractivity contribution >= 4 is 34.3 Å². The van der Waals surface area contributed by atoms with Crippen molar-refractivity contribution in [1.82, 2.24) is 19.6 Å². The molecular formula is C14H11N5O2S2. The molecule has 0 saturated heterocycles. The molecule has 0 bridgehead atoms. The van der Waals surface area contributed by atoms with E-state index in [9.17, 15) is 4.79 Å². The van der Waals surface area contributed by atoms with Gasteiger partial charge in [0.25, 0.3) is 5.91 Å². The molecule has 0 radical (unpaired) electrons. The van der Waals surface area contributed by atoms with E-state index in [1.54, 1.807) is 6.07 Å². The van der Waals surface area contributed by atoms with Crippen molar-refractivity contribution in [3.8, 4) is 5.88 Å². The highest BCUT2D eigenvalue weighted by Gasteiger charge is 2.12. The molecule has 2 aromatic heterocycles. The highest BCUT2D eigenvalue weighted by Crippen LogP contribution is 2.27. The predicted molar refractivity (Wildman–Crippen MR) is 87.0 cm³/mol. The number of hydrogen-bond donors (Lipinski definition) is 1. The molecule has 1 aromatic carbocycles. The van der Waals surface area contributed by atoms with Gasteiger partial charge in [-0.1, -0.05) is 18.2 Å². The van der Waals surface area contributed by atoms with Crippen LogP contribution in [0, 0.1) is 0 Å². The summed E-state index contributed by atoms with van der Waals surface area (Å²) in [6.07, 6.45) is 0. The van der Waals surface area contributed by atoms with Gasteiger partial charge in [0.1, 0.15) is 0 Å². The largest absolute Gasteiger partial charge is 0.480 e. The van der Waals surface area contributed by atoms with Gasteiger partial charge in [0.2, 0.25) is 16.2 Å². The summed E-state index contributed by atoms with van der Waals surface area (Å²) < 4.78 is 9.11. The zero-order chi connectivity index (χ0) is 16.1. The molecule has 0 aliphatic rings. The smallest absolute Gasteiger partial charge is 0.278 e. The summed E-state index contributed by atoms with van der Waals surface area (Å²) in [6, 6.07) is 12.9. The lowest BCUT2D eigenvalue weighted by atomic mass is 10.4. The quantitative estimate of drug-likeness (QED) is 0.760. The van der Waals surface area contributed by atoms with Gasteiger partial charge >= 0.3 is 0 Å². The summed E-state index contributed by atoms with van der Waals surface area (Å²) in [5.41, 5.74) is 0.179. The minimum absolute atomic E-state index is 0.179. The molecule has 0 unspecified atom stereocenters. The zero-order valence-corrected chi connectivity index (χ0v) is 13.6. The Morgan fingerprint density at radius 3 is 2.70 bits per heavy atom. The molecule has 0 atom stereocenters. The van der Waals surface area contributed by atoms with Gasteiger partial charge in [-0.2, -0.15) is 9.36 Å². The maximum Gasteiger partial charge on any atom is 0.278 e. The molecule has 0 spiro atoms. The maximum absolute atomic E-state index is 12.1. The molecule has 3 aromatic rings. The van der Waals surface area contributed by atoms with Gasteiger partial charge in [-0.3, -0.25) is 10.1 Å². The highest BCUT2D eigenvalue weighted by atomic mass is 32.2. The van der Waals surface area contributed by atoms with Crippen LogP contribution in [0.3, 0.4) is 0 Å². The zero-order valence-electron chi connectivity index (χ0n) is 12.0. The van der Waals surface area contributed by atoms with Crippen LogP contribution >= 0.6 is 23.3 Å². The van der Waals surface area contributed by atoms with Gasteiger partial charge in [0.15, 0.2) is 5.69 Å². The highest BCUT2D eigenvalue weighted by molar-refractivity contribution is 7.99. The monoisotopic (exact) mass is 345 g/mol. The number of anilines is 1. The van der Waals surface area contributed by atoms with Crippen molar-refractivity contribution in [1.29, 1.82) is 0 Å². The van der Waals surface area contributed by atoms with Crippen LogP contribution in [-0.2, 0) is 0 Å². The van der Waals surface area contributed by atoms with E-state index in [1.807, 2.05) is 30.3 Å². The standard InChI is InChI=1S/C14H11N5O2S2/c1-21-11-8-7-10(17-18-11)12(20)15-13-16-14(19-23-13)22-9-5-3-2-4-6-9/h2-8H,1H3,(H,15,16,19,20). The third-order valence-electron chi connectivity index (χ3n) is 2.66. The van der Waals surface area contributed by atoms with Crippen LogP contribution in [0.25, 0.3) is 0 Å². The molecule has 1 amide bonds. The number of aromatic nitrogens is 4. The lowest BCUT2D eigenvalue weighted by Crippen LogP contribution is -2.14. The molecule has 0 aliphatic heterocycles. The summed E-state index contributed by atoms with van der Waals surface area (Å²) in [7, 11) is 1.48. The first kappa shape index (κ1) is 15.4. The Bertz CT molecular complexity index is 792. The van der Waals surface area contributed by atoms with Crippen LogP contribution in [0.1, 0.15) is 10.5 Å². The third-order valence-corrected chi connectivity index (χ3v) is 4.28. The fraction of sp³-hybridized carbons (Fsp3) is 0.0714. The Labute approximate surface area is 140 Å². The van der Waals surface area contributed by atoms with Gasteiger partial charge in [0, 0.05) is 22.5 Å². The maximum atomic E-state index is 12.1. The predicted octanol–water partition coefficient (Wildman–Crippen LogP) is 2.74. The topological polar surface area (TPSA) is 89.9 Å². The molecule has 23 heavy (non-hydrogen) atoms.